The first-order valence-electron chi connectivity index (χ1n) is 6.17. The SMILES string of the molecule is Cc1nc(SCCN)[nH]c(=O)c1Cc1ccccc1. The number of benzene rings is 1. The molecular formula is C14H17N3OS. The summed E-state index contributed by atoms with van der Waals surface area (Å²) in [5.74, 6) is 0.750. The van der Waals surface area contributed by atoms with Crippen LogP contribution in [0.5, 0.6) is 0 Å². The largest absolute Gasteiger partial charge is 0.330 e. The van der Waals surface area contributed by atoms with Crippen molar-refractivity contribution < 1.29 is 0 Å². The Bertz CT molecular complexity index is 595. The summed E-state index contributed by atoms with van der Waals surface area (Å²) in [4.78, 5) is 19.3. The van der Waals surface area contributed by atoms with Gasteiger partial charge in [-0.3, -0.25) is 4.79 Å². The third kappa shape index (κ3) is 3.68. The zero-order valence-electron chi connectivity index (χ0n) is 10.8. The third-order valence-electron chi connectivity index (χ3n) is 2.78. The van der Waals surface area contributed by atoms with Crippen molar-refractivity contribution in [2.45, 2.75) is 18.5 Å². The molecule has 0 spiro atoms. The maximum absolute atomic E-state index is 12.1. The molecule has 0 saturated carbocycles. The zero-order valence-corrected chi connectivity index (χ0v) is 11.7. The molecule has 0 bridgehead atoms. The molecule has 5 heteroatoms. The minimum Gasteiger partial charge on any atom is -0.330 e. The van der Waals surface area contributed by atoms with Gasteiger partial charge in [0, 0.05) is 30.0 Å². The van der Waals surface area contributed by atoms with E-state index in [1.165, 1.54) is 11.8 Å². The van der Waals surface area contributed by atoms with Gasteiger partial charge in [-0.15, -0.1) is 0 Å². The normalized spacial score (nSPS) is 10.6. The first-order valence-corrected chi connectivity index (χ1v) is 7.16. The average molecular weight is 275 g/mol. The van der Waals surface area contributed by atoms with Gasteiger partial charge in [0.2, 0.25) is 0 Å². The van der Waals surface area contributed by atoms with Crippen LogP contribution in [0, 0.1) is 6.92 Å². The molecule has 1 aromatic heterocycles. The molecule has 19 heavy (non-hydrogen) atoms. The molecule has 0 radical (unpaired) electrons. The molecule has 1 aromatic carbocycles. The number of nitrogens with two attached hydrogens (primary N) is 1. The highest BCUT2D eigenvalue weighted by Gasteiger charge is 2.09. The lowest BCUT2D eigenvalue weighted by Crippen LogP contribution is -2.18. The summed E-state index contributed by atoms with van der Waals surface area (Å²) >= 11 is 1.47. The van der Waals surface area contributed by atoms with Crippen LogP contribution in [0.1, 0.15) is 16.8 Å². The summed E-state index contributed by atoms with van der Waals surface area (Å²) in [5.41, 5.74) is 8.01. The van der Waals surface area contributed by atoms with Gasteiger partial charge in [-0.1, -0.05) is 42.1 Å². The zero-order chi connectivity index (χ0) is 13.7. The van der Waals surface area contributed by atoms with E-state index in [2.05, 4.69) is 9.97 Å². The fourth-order valence-corrected chi connectivity index (χ4v) is 2.49. The number of aromatic nitrogens is 2. The third-order valence-corrected chi connectivity index (χ3v) is 3.69. The molecule has 2 rings (SSSR count). The summed E-state index contributed by atoms with van der Waals surface area (Å²) in [6.45, 7) is 2.44. The molecule has 1 heterocycles. The van der Waals surface area contributed by atoms with Gasteiger partial charge in [-0.05, 0) is 12.5 Å². The first-order chi connectivity index (χ1) is 9.20. The van der Waals surface area contributed by atoms with Gasteiger partial charge in [0.25, 0.3) is 5.56 Å². The van der Waals surface area contributed by atoms with Crippen molar-refractivity contribution in [2.75, 3.05) is 12.3 Å². The van der Waals surface area contributed by atoms with Crippen LogP contribution in [0.25, 0.3) is 0 Å². The number of nitrogens with one attached hydrogen (secondary N) is 1. The van der Waals surface area contributed by atoms with E-state index in [4.69, 9.17) is 5.73 Å². The van der Waals surface area contributed by atoms with E-state index in [0.29, 0.717) is 18.1 Å². The van der Waals surface area contributed by atoms with Gasteiger partial charge in [-0.2, -0.15) is 0 Å². The Morgan fingerprint density at radius 3 is 2.68 bits per heavy atom. The smallest absolute Gasteiger partial charge is 0.255 e. The number of H-pyrrole nitrogens is 1. The van der Waals surface area contributed by atoms with E-state index < -0.39 is 0 Å². The molecule has 0 amide bonds. The van der Waals surface area contributed by atoms with E-state index in [1.54, 1.807) is 0 Å². The number of thioether (sulfide) groups is 1. The Morgan fingerprint density at radius 1 is 1.32 bits per heavy atom. The highest BCUT2D eigenvalue weighted by atomic mass is 32.2. The number of hydrogen-bond acceptors (Lipinski definition) is 4. The molecule has 0 aliphatic heterocycles. The maximum Gasteiger partial charge on any atom is 0.255 e. The van der Waals surface area contributed by atoms with Crippen molar-refractivity contribution >= 4 is 11.8 Å². The lowest BCUT2D eigenvalue weighted by molar-refractivity contribution is 0.866. The molecule has 2 aromatic rings. The number of nitrogens with zero attached hydrogens (tertiary/aromatic N) is 1. The molecule has 4 nitrogen and oxygen atoms in total. The van der Waals surface area contributed by atoms with Crippen LogP contribution in [0.4, 0.5) is 0 Å². The lowest BCUT2D eigenvalue weighted by atomic mass is 10.1. The highest BCUT2D eigenvalue weighted by molar-refractivity contribution is 7.99. The van der Waals surface area contributed by atoms with Gasteiger partial charge in [0.15, 0.2) is 5.16 Å². The van der Waals surface area contributed by atoms with Crippen LogP contribution < -0.4 is 11.3 Å². The molecule has 0 aliphatic rings. The van der Waals surface area contributed by atoms with E-state index in [1.807, 2.05) is 37.3 Å². The molecule has 3 N–H and O–H groups in total. The Morgan fingerprint density at radius 2 is 2.05 bits per heavy atom. The van der Waals surface area contributed by atoms with E-state index in [9.17, 15) is 4.79 Å². The number of aromatic amines is 1. The van der Waals surface area contributed by atoms with E-state index in [0.717, 1.165) is 22.6 Å². The molecule has 0 unspecified atom stereocenters. The number of hydrogen-bond donors (Lipinski definition) is 2. The van der Waals surface area contributed by atoms with Crippen LogP contribution in [0.2, 0.25) is 0 Å². The van der Waals surface area contributed by atoms with Crippen molar-refractivity contribution in [3.8, 4) is 0 Å². The fourth-order valence-electron chi connectivity index (χ4n) is 1.82. The van der Waals surface area contributed by atoms with Gasteiger partial charge < -0.3 is 10.7 Å². The van der Waals surface area contributed by atoms with Gasteiger partial charge >= 0.3 is 0 Å². The minimum atomic E-state index is -0.0594. The minimum absolute atomic E-state index is 0.0594. The van der Waals surface area contributed by atoms with Crippen LogP contribution in [0.3, 0.4) is 0 Å². The molecule has 0 saturated heterocycles. The summed E-state index contributed by atoms with van der Waals surface area (Å²) in [5, 5.41) is 0.643. The monoisotopic (exact) mass is 275 g/mol. The fraction of sp³-hybridized carbons (Fsp3) is 0.286. The van der Waals surface area contributed by atoms with Crippen LogP contribution >= 0.6 is 11.8 Å². The van der Waals surface area contributed by atoms with Crippen LogP contribution in [-0.4, -0.2) is 22.3 Å². The van der Waals surface area contributed by atoms with Gasteiger partial charge in [-0.25, -0.2) is 4.98 Å². The number of rotatable bonds is 5. The van der Waals surface area contributed by atoms with E-state index in [-0.39, 0.29) is 5.56 Å². The van der Waals surface area contributed by atoms with E-state index >= 15 is 0 Å². The van der Waals surface area contributed by atoms with Crippen molar-refractivity contribution in [1.82, 2.24) is 9.97 Å². The molecule has 100 valence electrons. The Hall–Kier alpha value is -1.59. The van der Waals surface area contributed by atoms with Crippen molar-refractivity contribution in [3.63, 3.8) is 0 Å². The predicted molar refractivity (Wildman–Crippen MR) is 78.6 cm³/mol. The average Bonchev–Trinajstić information content (AvgIpc) is 2.42. The second kappa shape index (κ2) is 6.54. The molecule has 0 aliphatic carbocycles. The first kappa shape index (κ1) is 13.8. The second-order valence-corrected chi connectivity index (χ2v) is 5.32. The lowest BCUT2D eigenvalue weighted by Gasteiger charge is -2.06. The van der Waals surface area contributed by atoms with Crippen molar-refractivity contribution in [1.29, 1.82) is 0 Å². The predicted octanol–water partition coefficient (Wildman–Crippen LogP) is 1.72. The van der Waals surface area contributed by atoms with Crippen LogP contribution in [-0.2, 0) is 6.42 Å². The van der Waals surface area contributed by atoms with Crippen LogP contribution in [0.15, 0.2) is 40.3 Å². The molecular weight excluding hydrogens is 258 g/mol. The quantitative estimate of drug-likeness (QED) is 0.644. The number of aryl methyl sites for hydroxylation is 1. The van der Waals surface area contributed by atoms with Gasteiger partial charge in [0.1, 0.15) is 0 Å². The van der Waals surface area contributed by atoms with Crippen molar-refractivity contribution in [2.24, 2.45) is 5.73 Å². The maximum atomic E-state index is 12.1. The topological polar surface area (TPSA) is 71.8 Å². The van der Waals surface area contributed by atoms with Crippen molar-refractivity contribution in [3.05, 3.63) is 57.5 Å². The summed E-state index contributed by atoms with van der Waals surface area (Å²) < 4.78 is 0. The Balaban J connectivity index is 2.25. The Labute approximate surface area is 116 Å². The van der Waals surface area contributed by atoms with Gasteiger partial charge in [0.05, 0.1) is 0 Å². The molecule has 0 atom stereocenters. The highest BCUT2D eigenvalue weighted by Crippen LogP contribution is 2.13. The standard InChI is InChI=1S/C14H17N3OS/c1-10-12(9-11-5-3-2-4-6-11)13(18)17-14(16-10)19-8-7-15/h2-6H,7-9,15H2,1H3,(H,16,17,18). The summed E-state index contributed by atoms with van der Waals surface area (Å²) in [6.07, 6.45) is 0.608. The summed E-state index contributed by atoms with van der Waals surface area (Å²) in [6, 6.07) is 9.92. The summed E-state index contributed by atoms with van der Waals surface area (Å²) in [7, 11) is 0. The molecule has 0 fully saturated rings. The Kier molecular flexibility index (Phi) is 4.76. The second-order valence-electron chi connectivity index (χ2n) is 4.23.